The first-order valence-electron chi connectivity index (χ1n) is 5.11. The van der Waals surface area contributed by atoms with E-state index in [0.29, 0.717) is 10.6 Å². The van der Waals surface area contributed by atoms with Gasteiger partial charge in [0.05, 0.1) is 4.90 Å². The minimum atomic E-state index is -1.56. The fourth-order valence-corrected chi connectivity index (χ4v) is 2.03. The van der Waals surface area contributed by atoms with Crippen LogP contribution in [0.5, 0.6) is 11.5 Å². The van der Waals surface area contributed by atoms with Crippen molar-refractivity contribution in [2.24, 2.45) is 0 Å². The molecule has 0 bridgehead atoms. The summed E-state index contributed by atoms with van der Waals surface area (Å²) in [5.74, 6) is 0.697. The third-order valence-corrected chi connectivity index (χ3v) is 3.22. The van der Waals surface area contributed by atoms with E-state index < -0.39 is 11.1 Å². The summed E-state index contributed by atoms with van der Waals surface area (Å²) < 4.78 is 17.1. The highest BCUT2D eigenvalue weighted by molar-refractivity contribution is 7.80. The van der Waals surface area contributed by atoms with Crippen LogP contribution in [0.25, 0.3) is 0 Å². The van der Waals surface area contributed by atoms with Crippen LogP contribution in [0.1, 0.15) is 5.56 Å². The van der Waals surface area contributed by atoms with Gasteiger partial charge in [-0.05, 0) is 43.3 Å². The maximum Gasteiger partial charge on any atom is 0.240 e. The van der Waals surface area contributed by atoms with E-state index in [1.807, 2.05) is 19.1 Å². The fourth-order valence-electron chi connectivity index (χ4n) is 1.29. The molecule has 3 nitrogen and oxygen atoms in total. The van der Waals surface area contributed by atoms with Gasteiger partial charge < -0.3 is 9.29 Å². The predicted molar refractivity (Wildman–Crippen MR) is 66.3 cm³/mol. The molecule has 4 heteroatoms. The minimum absolute atomic E-state index is 0.140. The first-order chi connectivity index (χ1) is 8.15. The number of aryl methyl sites for hydroxylation is 1. The molecule has 0 spiro atoms. The Kier molecular flexibility index (Phi) is 3.44. The summed E-state index contributed by atoms with van der Waals surface area (Å²) in [6, 6.07) is 13.4. The third-order valence-electron chi connectivity index (χ3n) is 2.22. The molecule has 0 aliphatic heterocycles. The van der Waals surface area contributed by atoms with Gasteiger partial charge >= 0.3 is 0 Å². The molecule has 0 aromatic heterocycles. The second-order valence-corrected chi connectivity index (χ2v) is 4.73. The number of benzene rings is 2. The summed E-state index contributed by atoms with van der Waals surface area (Å²) in [5, 5.41) is 9.12. The lowest BCUT2D eigenvalue weighted by atomic mass is 10.2. The molecule has 0 fully saturated rings. The van der Waals surface area contributed by atoms with Gasteiger partial charge in [-0.2, -0.15) is 0 Å². The van der Waals surface area contributed by atoms with E-state index in [4.69, 9.17) is 9.29 Å². The van der Waals surface area contributed by atoms with E-state index in [0.717, 1.165) is 5.56 Å². The van der Waals surface area contributed by atoms with Crippen LogP contribution in [0.2, 0.25) is 0 Å². The summed E-state index contributed by atoms with van der Waals surface area (Å²) in [4.78, 5) is 0.517. The zero-order chi connectivity index (χ0) is 12.3. The van der Waals surface area contributed by atoms with Crippen molar-refractivity contribution in [3.05, 3.63) is 54.1 Å². The quantitative estimate of drug-likeness (QED) is 0.908. The zero-order valence-corrected chi connectivity index (χ0v) is 10.1. The molecular formula is C13H12O3S. The number of rotatable bonds is 3. The lowest BCUT2D eigenvalue weighted by Gasteiger charge is -2.05. The molecule has 2 rings (SSSR count). The Morgan fingerprint density at radius 1 is 1.00 bits per heavy atom. The topological polar surface area (TPSA) is 46.5 Å². The van der Waals surface area contributed by atoms with Crippen LogP contribution in [0.15, 0.2) is 53.4 Å². The van der Waals surface area contributed by atoms with Gasteiger partial charge in [-0.3, -0.25) is 0 Å². The van der Waals surface area contributed by atoms with Crippen LogP contribution in [-0.4, -0.2) is 9.32 Å². The largest absolute Gasteiger partial charge is 0.508 e. The molecule has 17 heavy (non-hydrogen) atoms. The van der Waals surface area contributed by atoms with E-state index in [1.165, 1.54) is 12.1 Å². The smallest absolute Gasteiger partial charge is 0.240 e. The second kappa shape index (κ2) is 5.01. The average molecular weight is 248 g/mol. The Balaban J connectivity index is 2.11. The van der Waals surface area contributed by atoms with Gasteiger partial charge in [0.25, 0.3) is 0 Å². The Hall–Kier alpha value is -1.81. The van der Waals surface area contributed by atoms with E-state index in [-0.39, 0.29) is 5.75 Å². The van der Waals surface area contributed by atoms with Gasteiger partial charge in [-0.1, -0.05) is 17.7 Å². The number of aromatic hydroxyl groups is 1. The summed E-state index contributed by atoms with van der Waals surface area (Å²) in [6.45, 7) is 1.97. The lowest BCUT2D eigenvalue weighted by molar-refractivity contribution is 0.474. The molecule has 1 atom stereocenters. The summed E-state index contributed by atoms with van der Waals surface area (Å²) in [5.41, 5.74) is 1.12. The number of hydrogen-bond donors (Lipinski definition) is 1. The first kappa shape index (κ1) is 11.7. The van der Waals surface area contributed by atoms with Gasteiger partial charge in [0, 0.05) is 0 Å². The van der Waals surface area contributed by atoms with E-state index in [2.05, 4.69) is 0 Å². The van der Waals surface area contributed by atoms with E-state index in [9.17, 15) is 4.21 Å². The van der Waals surface area contributed by atoms with Crippen LogP contribution in [0, 0.1) is 6.92 Å². The Morgan fingerprint density at radius 2 is 1.59 bits per heavy atom. The van der Waals surface area contributed by atoms with Gasteiger partial charge in [-0.25, -0.2) is 4.21 Å². The van der Waals surface area contributed by atoms with Crippen molar-refractivity contribution < 1.29 is 13.5 Å². The molecule has 0 aliphatic carbocycles. The molecule has 0 saturated carbocycles. The van der Waals surface area contributed by atoms with Gasteiger partial charge in [0.15, 0.2) is 0 Å². The number of hydrogen-bond acceptors (Lipinski definition) is 3. The first-order valence-corrected chi connectivity index (χ1v) is 6.18. The van der Waals surface area contributed by atoms with Crippen molar-refractivity contribution in [2.75, 3.05) is 0 Å². The molecule has 2 aromatic carbocycles. The minimum Gasteiger partial charge on any atom is -0.508 e. The third kappa shape index (κ3) is 3.07. The Labute approximate surface area is 102 Å². The molecule has 0 radical (unpaired) electrons. The Morgan fingerprint density at radius 3 is 2.18 bits per heavy atom. The number of phenols is 1. The van der Waals surface area contributed by atoms with Crippen molar-refractivity contribution in [1.82, 2.24) is 0 Å². The SMILES string of the molecule is Cc1ccc(OS(=O)c2ccc(O)cc2)cc1. The molecule has 0 heterocycles. The summed E-state index contributed by atoms with van der Waals surface area (Å²) in [6.07, 6.45) is 0. The molecule has 0 saturated heterocycles. The Bertz CT molecular complexity index is 517. The highest BCUT2D eigenvalue weighted by Crippen LogP contribution is 2.18. The number of phenolic OH excluding ortho intramolecular Hbond substituents is 1. The molecule has 1 unspecified atom stereocenters. The molecule has 2 aromatic rings. The van der Waals surface area contributed by atoms with E-state index in [1.54, 1.807) is 24.3 Å². The van der Waals surface area contributed by atoms with Crippen LogP contribution in [-0.2, 0) is 11.1 Å². The molecule has 0 aliphatic rings. The van der Waals surface area contributed by atoms with E-state index >= 15 is 0 Å². The fraction of sp³-hybridized carbons (Fsp3) is 0.0769. The van der Waals surface area contributed by atoms with Crippen LogP contribution < -0.4 is 4.18 Å². The van der Waals surface area contributed by atoms with Crippen molar-refractivity contribution in [1.29, 1.82) is 0 Å². The highest BCUT2D eigenvalue weighted by atomic mass is 32.2. The molecule has 0 amide bonds. The standard InChI is InChI=1S/C13H12O3S/c1-10-2-6-12(7-3-10)16-17(15)13-8-4-11(14)5-9-13/h2-9,14H,1H3. The maximum atomic E-state index is 11.8. The van der Waals surface area contributed by atoms with Crippen molar-refractivity contribution in [2.45, 2.75) is 11.8 Å². The predicted octanol–water partition coefficient (Wildman–Crippen LogP) is 2.80. The van der Waals surface area contributed by atoms with Gasteiger partial charge in [0.2, 0.25) is 11.1 Å². The molecular weight excluding hydrogens is 236 g/mol. The van der Waals surface area contributed by atoms with Crippen LogP contribution in [0.4, 0.5) is 0 Å². The summed E-state index contributed by atoms with van der Waals surface area (Å²) in [7, 11) is 0. The maximum absolute atomic E-state index is 11.8. The average Bonchev–Trinajstić information content (AvgIpc) is 2.33. The summed E-state index contributed by atoms with van der Waals surface area (Å²) >= 11 is -1.56. The van der Waals surface area contributed by atoms with Crippen molar-refractivity contribution >= 4 is 11.1 Å². The van der Waals surface area contributed by atoms with Gasteiger partial charge in [-0.15, -0.1) is 0 Å². The monoisotopic (exact) mass is 248 g/mol. The van der Waals surface area contributed by atoms with Crippen molar-refractivity contribution in [3.63, 3.8) is 0 Å². The second-order valence-electron chi connectivity index (χ2n) is 3.62. The zero-order valence-electron chi connectivity index (χ0n) is 9.29. The molecule has 1 N–H and O–H groups in total. The highest BCUT2D eigenvalue weighted by Gasteiger charge is 2.06. The van der Waals surface area contributed by atoms with Crippen LogP contribution >= 0.6 is 0 Å². The lowest BCUT2D eigenvalue weighted by Crippen LogP contribution is -2.00. The van der Waals surface area contributed by atoms with Crippen LogP contribution in [0.3, 0.4) is 0 Å². The normalized spacial score (nSPS) is 12.1. The van der Waals surface area contributed by atoms with Gasteiger partial charge in [0.1, 0.15) is 11.5 Å². The molecule has 88 valence electrons. The van der Waals surface area contributed by atoms with Crippen molar-refractivity contribution in [3.8, 4) is 11.5 Å².